The van der Waals surface area contributed by atoms with Gasteiger partial charge in [0.2, 0.25) is 0 Å². The average Bonchev–Trinajstić information content (AvgIpc) is 3.25. The Kier molecular flexibility index (Phi) is 11.6. The van der Waals surface area contributed by atoms with E-state index in [1.165, 1.54) is 17.5 Å². The summed E-state index contributed by atoms with van der Waals surface area (Å²) in [5.41, 5.74) is 13.7. The average molecular weight is 603 g/mol. The van der Waals surface area contributed by atoms with Gasteiger partial charge in [0.05, 0.1) is 30.2 Å². The van der Waals surface area contributed by atoms with Crippen LogP contribution in [0.3, 0.4) is 0 Å². The van der Waals surface area contributed by atoms with Gasteiger partial charge in [-0.25, -0.2) is 9.50 Å². The zero-order chi connectivity index (χ0) is 27.6. The Morgan fingerprint density at radius 3 is 2.52 bits per heavy atom. The minimum atomic E-state index is -4.49. The number of ether oxygens (including phenoxy) is 2. The second-order valence-electron chi connectivity index (χ2n) is 9.58. The summed E-state index contributed by atoms with van der Waals surface area (Å²) in [5.74, 6) is -0.0585. The molecule has 2 atom stereocenters. The molecule has 3 heterocycles. The first-order valence-corrected chi connectivity index (χ1v) is 12.6. The summed E-state index contributed by atoms with van der Waals surface area (Å²) in [4.78, 5) is 19.2. The van der Waals surface area contributed by atoms with Gasteiger partial charge < -0.3 is 25.8 Å². The number of carbonyl (C=O) groups excluding carboxylic acids is 1. The predicted octanol–water partition coefficient (Wildman–Crippen LogP) is 3.71. The Morgan fingerprint density at radius 1 is 1.23 bits per heavy atom. The van der Waals surface area contributed by atoms with Gasteiger partial charge >= 0.3 is 12.1 Å². The minimum Gasteiger partial charge on any atom is -0.458 e. The summed E-state index contributed by atoms with van der Waals surface area (Å²) >= 11 is 0. The van der Waals surface area contributed by atoms with Gasteiger partial charge in [0.1, 0.15) is 18.3 Å². The smallest absolute Gasteiger partial charge is 0.416 e. The molecule has 0 aliphatic carbocycles. The number of esters is 1. The van der Waals surface area contributed by atoms with Crippen LogP contribution in [0, 0.1) is 12.8 Å². The van der Waals surface area contributed by atoms with E-state index in [4.69, 9.17) is 26.0 Å². The number of hydrogen-bond donors (Lipinski definition) is 2. The summed E-state index contributed by atoms with van der Waals surface area (Å²) in [6.45, 7) is 7.32. The van der Waals surface area contributed by atoms with Crippen molar-refractivity contribution >= 4 is 50.1 Å². The Labute approximate surface area is 245 Å². The summed E-state index contributed by atoms with van der Waals surface area (Å²) in [6.07, 6.45) is -3.72. The lowest BCUT2D eigenvalue weighted by atomic mass is 9.98. The summed E-state index contributed by atoms with van der Waals surface area (Å²) < 4.78 is 53.3. The molecule has 4 N–H and O–H groups in total. The number of imidazole rings is 1. The first-order chi connectivity index (χ1) is 18.0. The van der Waals surface area contributed by atoms with Gasteiger partial charge in [0.25, 0.3) is 0 Å². The van der Waals surface area contributed by atoms with E-state index in [9.17, 15) is 18.0 Å². The van der Waals surface area contributed by atoms with Crippen LogP contribution < -0.4 is 16.4 Å². The molecule has 40 heavy (non-hydrogen) atoms. The van der Waals surface area contributed by atoms with E-state index >= 15 is 0 Å². The maximum atomic E-state index is 13.6. The number of anilines is 2. The van der Waals surface area contributed by atoms with Gasteiger partial charge in [0, 0.05) is 25.6 Å². The largest absolute Gasteiger partial charge is 0.458 e. The minimum absolute atomic E-state index is 0. The highest BCUT2D eigenvalue weighted by Gasteiger charge is 2.33. The standard InChI is InChI=1S/C26H33F3N6O3.2H2S/c1-4-15(2)23(31)25(36)38-14-20-21(12-17-6-5-7-18(16(17)3)26(27,28)29)35-24(32-20)19(30)13-22(33-35)34-8-10-37-11-9-34;;/h5-7,13,15,23H,4,8-12,14,30-31H2,1-3H3;2*1H2. The Hall–Kier alpha value is -2.68. The first-order valence-electron chi connectivity index (χ1n) is 12.6. The Morgan fingerprint density at radius 2 is 1.90 bits per heavy atom. The molecule has 0 saturated carbocycles. The number of carbonyl (C=O) groups is 1. The van der Waals surface area contributed by atoms with Crippen molar-refractivity contribution in [2.24, 2.45) is 11.7 Å². The Bertz CT molecular complexity index is 1320. The van der Waals surface area contributed by atoms with Crippen LogP contribution in [0.5, 0.6) is 0 Å². The first kappa shape index (κ1) is 33.5. The molecule has 222 valence electrons. The van der Waals surface area contributed by atoms with Crippen molar-refractivity contribution in [2.75, 3.05) is 36.9 Å². The molecule has 3 aromatic rings. The molecule has 0 radical (unpaired) electrons. The fourth-order valence-corrected chi connectivity index (χ4v) is 4.44. The van der Waals surface area contributed by atoms with Crippen LogP contribution in [0.1, 0.15) is 48.3 Å². The van der Waals surface area contributed by atoms with Gasteiger partial charge in [-0.05, 0) is 30.0 Å². The van der Waals surface area contributed by atoms with Crippen LogP contribution in [0.2, 0.25) is 0 Å². The van der Waals surface area contributed by atoms with E-state index in [-0.39, 0.29) is 51.5 Å². The van der Waals surface area contributed by atoms with E-state index in [1.807, 2.05) is 18.7 Å². The van der Waals surface area contributed by atoms with Crippen LogP contribution in [0.25, 0.3) is 5.65 Å². The number of alkyl halides is 3. The molecule has 2 aromatic heterocycles. The number of benzene rings is 1. The lowest BCUT2D eigenvalue weighted by Crippen LogP contribution is -2.38. The van der Waals surface area contributed by atoms with Crippen molar-refractivity contribution in [1.82, 2.24) is 14.6 Å². The van der Waals surface area contributed by atoms with Crippen LogP contribution >= 0.6 is 27.0 Å². The number of nitrogens with two attached hydrogens (primary N) is 2. The summed E-state index contributed by atoms with van der Waals surface area (Å²) in [6, 6.07) is 4.97. The zero-order valence-corrected chi connectivity index (χ0v) is 24.7. The fraction of sp³-hybridized carbons (Fsp3) is 0.500. The third kappa shape index (κ3) is 7.14. The van der Waals surface area contributed by atoms with Crippen molar-refractivity contribution in [3.05, 3.63) is 52.3 Å². The fourth-order valence-electron chi connectivity index (χ4n) is 4.44. The van der Waals surface area contributed by atoms with Crippen molar-refractivity contribution in [2.45, 2.75) is 52.4 Å². The van der Waals surface area contributed by atoms with Crippen molar-refractivity contribution in [1.29, 1.82) is 0 Å². The highest BCUT2D eigenvalue weighted by molar-refractivity contribution is 7.59. The third-order valence-corrected chi connectivity index (χ3v) is 7.10. The molecule has 2 unspecified atom stereocenters. The maximum absolute atomic E-state index is 13.6. The van der Waals surface area contributed by atoms with Crippen LogP contribution in [0.4, 0.5) is 24.7 Å². The van der Waals surface area contributed by atoms with Gasteiger partial charge in [-0.1, -0.05) is 32.4 Å². The van der Waals surface area contributed by atoms with E-state index < -0.39 is 23.8 Å². The Balaban J connectivity index is 0.00000280. The molecule has 1 aromatic carbocycles. The topological polar surface area (TPSA) is 121 Å². The molecule has 0 bridgehead atoms. The second kappa shape index (κ2) is 13.8. The normalized spacial score (nSPS) is 15.2. The lowest BCUT2D eigenvalue weighted by Gasteiger charge is -2.27. The number of hydrogen-bond acceptors (Lipinski definition) is 8. The van der Waals surface area contributed by atoms with Crippen LogP contribution in [-0.4, -0.2) is 52.9 Å². The summed E-state index contributed by atoms with van der Waals surface area (Å²) in [5, 5.41) is 4.74. The monoisotopic (exact) mass is 602 g/mol. The quantitative estimate of drug-likeness (QED) is 0.375. The number of nitrogen functional groups attached to an aromatic ring is 1. The van der Waals surface area contributed by atoms with Gasteiger partial charge in [-0.15, -0.1) is 5.10 Å². The second-order valence-corrected chi connectivity index (χ2v) is 9.58. The third-order valence-electron chi connectivity index (χ3n) is 7.10. The molecule has 9 nitrogen and oxygen atoms in total. The number of rotatable bonds is 8. The van der Waals surface area contributed by atoms with E-state index in [0.29, 0.717) is 66.8 Å². The molecule has 14 heteroatoms. The number of nitrogens with zero attached hydrogens (tertiary/aromatic N) is 4. The molecule has 0 amide bonds. The molecule has 1 aliphatic rings. The van der Waals surface area contributed by atoms with E-state index in [2.05, 4.69) is 4.98 Å². The van der Waals surface area contributed by atoms with Crippen LogP contribution in [0.15, 0.2) is 24.3 Å². The molecule has 4 rings (SSSR count). The van der Waals surface area contributed by atoms with Crippen molar-refractivity contribution < 1.29 is 27.4 Å². The SMILES string of the molecule is CCC(C)C(N)C(=O)OCc1nc2c(N)cc(N3CCOCC3)nn2c1Cc1cccc(C(F)(F)F)c1C.S.S. The number of fused-ring (bicyclic) bond motifs is 1. The summed E-state index contributed by atoms with van der Waals surface area (Å²) in [7, 11) is 0. The highest BCUT2D eigenvalue weighted by Crippen LogP contribution is 2.34. The lowest BCUT2D eigenvalue weighted by molar-refractivity contribution is -0.148. The zero-order valence-electron chi connectivity index (χ0n) is 22.7. The number of halogens is 3. The predicted molar refractivity (Wildman–Crippen MR) is 157 cm³/mol. The van der Waals surface area contributed by atoms with Crippen molar-refractivity contribution in [3.63, 3.8) is 0 Å². The molecule has 1 aliphatic heterocycles. The maximum Gasteiger partial charge on any atom is 0.416 e. The van der Waals surface area contributed by atoms with Crippen molar-refractivity contribution in [3.8, 4) is 0 Å². The molecular weight excluding hydrogens is 565 g/mol. The van der Waals surface area contributed by atoms with E-state index in [1.54, 1.807) is 12.1 Å². The molecule has 0 spiro atoms. The van der Waals surface area contributed by atoms with E-state index in [0.717, 1.165) is 6.07 Å². The van der Waals surface area contributed by atoms with Gasteiger partial charge in [-0.2, -0.15) is 40.2 Å². The molecule has 1 fully saturated rings. The number of morpholine rings is 1. The number of aromatic nitrogens is 3. The van der Waals surface area contributed by atoms with Gasteiger partial charge in [0.15, 0.2) is 11.5 Å². The molecular formula is C26H37F3N6O3S2. The van der Waals surface area contributed by atoms with Gasteiger partial charge in [-0.3, -0.25) is 4.79 Å². The highest BCUT2D eigenvalue weighted by atomic mass is 32.1. The van der Waals surface area contributed by atoms with Crippen LogP contribution in [-0.2, 0) is 33.5 Å². The molecule has 1 saturated heterocycles.